The molecule has 1 heterocycles. The Kier molecular flexibility index (Phi) is 3.86. The number of benzene rings is 1. The van der Waals surface area contributed by atoms with Gasteiger partial charge in [-0.25, -0.2) is 8.78 Å². The summed E-state index contributed by atoms with van der Waals surface area (Å²) in [5.41, 5.74) is 0.841. The lowest BCUT2D eigenvalue weighted by atomic mass is 10.0. The monoisotopic (exact) mass is 254 g/mol. The molecule has 90 valence electrons. The van der Waals surface area contributed by atoms with E-state index >= 15 is 0 Å². The van der Waals surface area contributed by atoms with Gasteiger partial charge in [-0.15, -0.1) is 0 Å². The van der Waals surface area contributed by atoms with Crippen LogP contribution in [0.25, 0.3) is 0 Å². The third-order valence-corrected chi connectivity index (χ3v) is 3.35. The third-order valence-electron chi connectivity index (χ3n) is 2.62. The van der Waals surface area contributed by atoms with E-state index in [-0.39, 0.29) is 5.56 Å². The predicted molar refractivity (Wildman–Crippen MR) is 64.0 cm³/mol. The fourth-order valence-corrected chi connectivity index (χ4v) is 2.41. The molecule has 0 aliphatic rings. The number of rotatable bonds is 4. The molecule has 1 N–H and O–H groups in total. The minimum absolute atomic E-state index is 0.234. The Hall–Kier alpha value is -1.26. The van der Waals surface area contributed by atoms with E-state index in [2.05, 4.69) is 0 Å². The summed E-state index contributed by atoms with van der Waals surface area (Å²) in [6, 6.07) is 5.55. The topological polar surface area (TPSA) is 20.2 Å². The Morgan fingerprint density at radius 1 is 1.18 bits per heavy atom. The molecule has 4 heteroatoms. The average molecular weight is 254 g/mol. The summed E-state index contributed by atoms with van der Waals surface area (Å²) in [5, 5.41) is 13.7. The van der Waals surface area contributed by atoms with Gasteiger partial charge in [0.2, 0.25) is 0 Å². The summed E-state index contributed by atoms with van der Waals surface area (Å²) >= 11 is 1.56. The van der Waals surface area contributed by atoms with Crippen molar-refractivity contribution in [3.63, 3.8) is 0 Å². The summed E-state index contributed by atoms with van der Waals surface area (Å²) in [6.07, 6.45) is -0.177. The van der Waals surface area contributed by atoms with Crippen LogP contribution in [0.2, 0.25) is 0 Å². The summed E-state index contributed by atoms with van der Waals surface area (Å²) in [4.78, 5) is 0. The zero-order valence-electron chi connectivity index (χ0n) is 9.07. The van der Waals surface area contributed by atoms with Crippen molar-refractivity contribution >= 4 is 11.3 Å². The van der Waals surface area contributed by atoms with Gasteiger partial charge in [0.05, 0.1) is 11.7 Å². The predicted octanol–water partition coefficient (Wildman–Crippen LogP) is 3.69. The zero-order valence-corrected chi connectivity index (χ0v) is 9.88. The first-order valence-corrected chi connectivity index (χ1v) is 6.26. The zero-order chi connectivity index (χ0) is 12.3. The Morgan fingerprint density at radius 3 is 2.47 bits per heavy atom. The van der Waals surface area contributed by atoms with Crippen LogP contribution in [-0.2, 0) is 6.42 Å². The van der Waals surface area contributed by atoms with E-state index in [9.17, 15) is 13.9 Å². The van der Waals surface area contributed by atoms with E-state index in [1.165, 1.54) is 6.07 Å². The first-order valence-electron chi connectivity index (χ1n) is 5.31. The van der Waals surface area contributed by atoms with Crippen LogP contribution in [0.15, 0.2) is 35.0 Å². The molecule has 1 aromatic heterocycles. The molecule has 0 amide bonds. The summed E-state index contributed by atoms with van der Waals surface area (Å²) in [5.74, 6) is -1.38. The Labute approximate surface area is 102 Å². The van der Waals surface area contributed by atoms with Gasteiger partial charge in [0.1, 0.15) is 11.6 Å². The van der Waals surface area contributed by atoms with Gasteiger partial charge >= 0.3 is 0 Å². The van der Waals surface area contributed by atoms with Crippen molar-refractivity contribution in [2.24, 2.45) is 0 Å². The van der Waals surface area contributed by atoms with E-state index in [4.69, 9.17) is 0 Å². The number of halogens is 2. The van der Waals surface area contributed by atoms with Crippen LogP contribution in [0.3, 0.4) is 0 Å². The molecule has 1 atom stereocenters. The van der Waals surface area contributed by atoms with Gasteiger partial charge in [-0.05, 0) is 47.4 Å². The molecule has 0 bridgehead atoms. The first kappa shape index (κ1) is 12.2. The lowest BCUT2D eigenvalue weighted by molar-refractivity contribution is 0.158. The lowest BCUT2D eigenvalue weighted by Gasteiger charge is -2.12. The van der Waals surface area contributed by atoms with Crippen LogP contribution in [0, 0.1) is 11.6 Å². The van der Waals surface area contributed by atoms with Crippen molar-refractivity contribution in [3.8, 4) is 0 Å². The van der Waals surface area contributed by atoms with E-state index in [1.807, 2.05) is 16.8 Å². The van der Waals surface area contributed by atoms with Crippen molar-refractivity contribution in [2.75, 3.05) is 0 Å². The number of aliphatic hydroxyl groups is 1. The highest BCUT2D eigenvalue weighted by Crippen LogP contribution is 2.24. The second-order valence-electron chi connectivity index (χ2n) is 3.82. The molecule has 0 aliphatic carbocycles. The maximum Gasteiger partial charge on any atom is 0.131 e. The van der Waals surface area contributed by atoms with Crippen LogP contribution < -0.4 is 0 Å². The molecule has 1 unspecified atom stereocenters. The SMILES string of the molecule is OC(CCc1ccsc1)c1c(F)cccc1F. The summed E-state index contributed by atoms with van der Waals surface area (Å²) in [6.45, 7) is 0. The summed E-state index contributed by atoms with van der Waals surface area (Å²) < 4.78 is 26.7. The van der Waals surface area contributed by atoms with Crippen molar-refractivity contribution < 1.29 is 13.9 Å². The van der Waals surface area contributed by atoms with Crippen molar-refractivity contribution in [3.05, 3.63) is 57.8 Å². The van der Waals surface area contributed by atoms with Crippen molar-refractivity contribution in [1.82, 2.24) is 0 Å². The fourth-order valence-electron chi connectivity index (χ4n) is 1.71. The molecular formula is C13H12F2OS. The first-order chi connectivity index (χ1) is 8.18. The van der Waals surface area contributed by atoms with Gasteiger partial charge < -0.3 is 5.11 Å². The Morgan fingerprint density at radius 2 is 1.88 bits per heavy atom. The molecule has 0 saturated carbocycles. The summed E-state index contributed by atoms with van der Waals surface area (Å²) in [7, 11) is 0. The maximum atomic E-state index is 13.4. The Bertz CT molecular complexity index is 462. The van der Waals surface area contributed by atoms with Gasteiger partial charge in [0.25, 0.3) is 0 Å². The van der Waals surface area contributed by atoms with Gasteiger partial charge in [-0.3, -0.25) is 0 Å². The lowest BCUT2D eigenvalue weighted by Crippen LogP contribution is -2.05. The van der Waals surface area contributed by atoms with Crippen molar-refractivity contribution in [1.29, 1.82) is 0 Å². The van der Waals surface area contributed by atoms with Gasteiger partial charge in [0.15, 0.2) is 0 Å². The highest BCUT2D eigenvalue weighted by atomic mass is 32.1. The van der Waals surface area contributed by atoms with Gasteiger partial charge in [-0.2, -0.15) is 11.3 Å². The molecule has 2 rings (SSSR count). The molecule has 0 aliphatic heterocycles. The quantitative estimate of drug-likeness (QED) is 0.882. The fraction of sp³-hybridized carbons (Fsp3) is 0.231. The molecule has 2 aromatic rings. The van der Waals surface area contributed by atoms with Crippen LogP contribution in [0.4, 0.5) is 8.78 Å². The standard InChI is InChI=1S/C13H12F2OS/c14-10-2-1-3-11(15)13(10)12(16)5-4-9-6-7-17-8-9/h1-3,6-8,12,16H,4-5H2. The Balaban J connectivity index is 2.07. The number of aliphatic hydroxyl groups excluding tert-OH is 1. The largest absolute Gasteiger partial charge is 0.388 e. The maximum absolute atomic E-state index is 13.4. The second kappa shape index (κ2) is 5.38. The number of aryl methyl sites for hydroxylation is 1. The molecule has 0 spiro atoms. The molecule has 1 aromatic carbocycles. The smallest absolute Gasteiger partial charge is 0.131 e. The highest BCUT2D eigenvalue weighted by Gasteiger charge is 2.17. The minimum atomic E-state index is -1.10. The second-order valence-corrected chi connectivity index (χ2v) is 4.60. The van der Waals surface area contributed by atoms with Crippen LogP contribution in [0.1, 0.15) is 23.7 Å². The molecule has 0 radical (unpaired) electrons. The van der Waals surface area contributed by atoms with Gasteiger partial charge in [0, 0.05) is 0 Å². The minimum Gasteiger partial charge on any atom is -0.388 e. The van der Waals surface area contributed by atoms with Crippen LogP contribution in [0.5, 0.6) is 0 Å². The van der Waals surface area contributed by atoms with Crippen LogP contribution in [-0.4, -0.2) is 5.11 Å². The van der Waals surface area contributed by atoms with Crippen molar-refractivity contribution in [2.45, 2.75) is 18.9 Å². The average Bonchev–Trinajstić information content (AvgIpc) is 2.79. The van der Waals surface area contributed by atoms with E-state index in [0.29, 0.717) is 12.8 Å². The highest BCUT2D eigenvalue weighted by molar-refractivity contribution is 7.07. The van der Waals surface area contributed by atoms with E-state index < -0.39 is 17.7 Å². The molecule has 17 heavy (non-hydrogen) atoms. The molecular weight excluding hydrogens is 242 g/mol. The van der Waals surface area contributed by atoms with E-state index in [0.717, 1.165) is 17.7 Å². The normalized spacial score (nSPS) is 12.6. The van der Waals surface area contributed by atoms with Crippen LogP contribution >= 0.6 is 11.3 Å². The molecule has 1 nitrogen and oxygen atoms in total. The number of thiophene rings is 1. The van der Waals surface area contributed by atoms with Gasteiger partial charge in [-0.1, -0.05) is 6.07 Å². The molecule has 0 saturated heterocycles. The van der Waals surface area contributed by atoms with E-state index in [1.54, 1.807) is 11.3 Å². The number of hydrogen-bond donors (Lipinski definition) is 1. The number of hydrogen-bond acceptors (Lipinski definition) is 2. The third kappa shape index (κ3) is 2.90. The molecule has 0 fully saturated rings.